The molecule has 2 N–H and O–H groups in total. The van der Waals surface area contributed by atoms with Crippen molar-refractivity contribution in [3.05, 3.63) is 19.2 Å². The minimum Gasteiger partial charge on any atom is -0.370 e. The standard InChI is InChI=1S/C13H20Br2N2OS/c1-8-6-17(7-13(2,3)18-8)10(5-16)11-4-9(14)12(15)19-11/h4,8,10H,5-7,16H2,1-3H3. The number of nitrogens with zero attached hydrogens (tertiary/aromatic N) is 1. The van der Waals surface area contributed by atoms with Gasteiger partial charge in [-0.05, 0) is 58.7 Å². The second kappa shape index (κ2) is 6.12. The topological polar surface area (TPSA) is 38.5 Å². The molecule has 0 aromatic carbocycles. The molecule has 1 aromatic rings. The first kappa shape index (κ1) is 15.9. The van der Waals surface area contributed by atoms with Crippen LogP contribution in [0.5, 0.6) is 0 Å². The molecule has 1 aromatic heterocycles. The molecular weight excluding hydrogens is 392 g/mol. The molecular formula is C13H20Br2N2OS. The van der Waals surface area contributed by atoms with Crippen LogP contribution in [-0.2, 0) is 4.74 Å². The number of nitrogens with two attached hydrogens (primary N) is 1. The van der Waals surface area contributed by atoms with Crippen molar-refractivity contribution in [3.63, 3.8) is 0 Å². The Morgan fingerprint density at radius 1 is 1.58 bits per heavy atom. The molecule has 19 heavy (non-hydrogen) atoms. The highest BCUT2D eigenvalue weighted by Gasteiger charge is 2.35. The van der Waals surface area contributed by atoms with Crippen molar-refractivity contribution >= 4 is 43.2 Å². The second-order valence-corrected chi connectivity index (χ2v) is 8.90. The number of ether oxygens (including phenoxy) is 1. The number of hydrogen-bond acceptors (Lipinski definition) is 4. The fraction of sp³-hybridized carbons (Fsp3) is 0.692. The fourth-order valence-corrected chi connectivity index (χ4v) is 4.95. The van der Waals surface area contributed by atoms with E-state index in [-0.39, 0.29) is 17.7 Å². The minimum atomic E-state index is -0.114. The summed E-state index contributed by atoms with van der Waals surface area (Å²) in [7, 11) is 0. The summed E-state index contributed by atoms with van der Waals surface area (Å²) < 4.78 is 8.20. The average Bonchev–Trinajstić information content (AvgIpc) is 2.57. The van der Waals surface area contributed by atoms with Crippen LogP contribution in [0.15, 0.2) is 14.3 Å². The Balaban J connectivity index is 2.21. The number of thiophene rings is 1. The van der Waals surface area contributed by atoms with Crippen LogP contribution < -0.4 is 5.73 Å². The predicted molar refractivity (Wildman–Crippen MR) is 87.7 cm³/mol. The molecule has 3 nitrogen and oxygen atoms in total. The van der Waals surface area contributed by atoms with E-state index in [0.29, 0.717) is 6.54 Å². The van der Waals surface area contributed by atoms with E-state index in [9.17, 15) is 0 Å². The van der Waals surface area contributed by atoms with Crippen molar-refractivity contribution in [1.82, 2.24) is 4.90 Å². The molecule has 0 aliphatic carbocycles. The number of rotatable bonds is 3. The van der Waals surface area contributed by atoms with Crippen LogP contribution in [0.4, 0.5) is 0 Å². The lowest BCUT2D eigenvalue weighted by Gasteiger charge is -2.44. The number of morpholine rings is 1. The van der Waals surface area contributed by atoms with Crippen LogP contribution in [0.2, 0.25) is 0 Å². The van der Waals surface area contributed by atoms with E-state index in [2.05, 4.69) is 63.6 Å². The Labute approximate surface area is 135 Å². The van der Waals surface area contributed by atoms with Gasteiger partial charge >= 0.3 is 0 Å². The molecule has 1 saturated heterocycles. The van der Waals surface area contributed by atoms with Crippen molar-refractivity contribution in [3.8, 4) is 0 Å². The van der Waals surface area contributed by atoms with Gasteiger partial charge in [0, 0.05) is 29.0 Å². The Morgan fingerprint density at radius 2 is 2.26 bits per heavy atom. The van der Waals surface area contributed by atoms with Crippen LogP contribution in [0.25, 0.3) is 0 Å². The fourth-order valence-electron chi connectivity index (χ4n) is 2.71. The summed E-state index contributed by atoms with van der Waals surface area (Å²) >= 11 is 8.86. The molecule has 0 saturated carbocycles. The molecule has 1 fully saturated rings. The van der Waals surface area contributed by atoms with Gasteiger partial charge in [0.1, 0.15) is 0 Å². The third-order valence-corrected chi connectivity index (χ3v) is 6.61. The smallest absolute Gasteiger partial charge is 0.0843 e. The predicted octanol–water partition coefficient (Wildman–Crippen LogP) is 3.77. The van der Waals surface area contributed by atoms with Crippen molar-refractivity contribution in [2.75, 3.05) is 19.6 Å². The molecule has 2 unspecified atom stereocenters. The van der Waals surface area contributed by atoms with Gasteiger partial charge in [0.25, 0.3) is 0 Å². The molecule has 2 atom stereocenters. The van der Waals surface area contributed by atoms with Crippen LogP contribution in [0, 0.1) is 0 Å². The zero-order valence-electron chi connectivity index (χ0n) is 11.5. The van der Waals surface area contributed by atoms with E-state index in [1.165, 1.54) is 4.88 Å². The van der Waals surface area contributed by atoms with Gasteiger partial charge in [-0.2, -0.15) is 0 Å². The summed E-state index contributed by atoms with van der Waals surface area (Å²) in [5.74, 6) is 0. The highest BCUT2D eigenvalue weighted by Crippen LogP contribution is 2.38. The summed E-state index contributed by atoms with van der Waals surface area (Å²) in [6, 6.07) is 2.43. The van der Waals surface area contributed by atoms with Crippen molar-refractivity contribution < 1.29 is 4.74 Å². The summed E-state index contributed by atoms with van der Waals surface area (Å²) in [6.07, 6.45) is 0.240. The van der Waals surface area contributed by atoms with Gasteiger partial charge in [0.2, 0.25) is 0 Å². The van der Waals surface area contributed by atoms with E-state index < -0.39 is 0 Å². The minimum absolute atomic E-state index is 0.114. The third kappa shape index (κ3) is 3.80. The van der Waals surface area contributed by atoms with Gasteiger partial charge in [0.15, 0.2) is 0 Å². The largest absolute Gasteiger partial charge is 0.370 e. The molecule has 6 heteroatoms. The lowest BCUT2D eigenvalue weighted by molar-refractivity contribution is -0.137. The van der Waals surface area contributed by atoms with E-state index in [1.54, 1.807) is 11.3 Å². The number of hydrogen-bond donors (Lipinski definition) is 1. The Bertz CT molecular complexity index is 430. The average molecular weight is 412 g/mol. The van der Waals surface area contributed by atoms with Gasteiger partial charge in [-0.1, -0.05) is 0 Å². The molecule has 108 valence electrons. The molecule has 0 radical (unpaired) electrons. The summed E-state index contributed by atoms with van der Waals surface area (Å²) in [5.41, 5.74) is 5.91. The third-order valence-electron chi connectivity index (χ3n) is 3.25. The summed E-state index contributed by atoms with van der Waals surface area (Å²) in [6.45, 7) is 8.88. The van der Waals surface area contributed by atoms with Gasteiger partial charge in [-0.15, -0.1) is 11.3 Å². The maximum Gasteiger partial charge on any atom is 0.0843 e. The molecule has 0 spiro atoms. The lowest BCUT2D eigenvalue weighted by atomic mass is 10.0. The maximum atomic E-state index is 6.02. The van der Waals surface area contributed by atoms with Gasteiger partial charge < -0.3 is 10.5 Å². The van der Waals surface area contributed by atoms with E-state index >= 15 is 0 Å². The molecule has 0 bridgehead atoms. The SMILES string of the molecule is CC1CN(C(CN)c2cc(Br)c(Br)s2)CC(C)(C)O1. The van der Waals surface area contributed by atoms with Crippen LogP contribution in [-0.4, -0.2) is 36.2 Å². The Kier molecular flexibility index (Phi) is 5.12. The normalized spacial score (nSPS) is 25.5. The Morgan fingerprint density at radius 3 is 2.74 bits per heavy atom. The van der Waals surface area contributed by atoms with Gasteiger partial charge in [-0.25, -0.2) is 0 Å². The zero-order chi connectivity index (χ0) is 14.2. The van der Waals surface area contributed by atoms with E-state index in [0.717, 1.165) is 21.3 Å². The van der Waals surface area contributed by atoms with Crippen molar-refractivity contribution in [1.29, 1.82) is 0 Å². The maximum absolute atomic E-state index is 6.02. The quantitative estimate of drug-likeness (QED) is 0.822. The molecule has 1 aliphatic heterocycles. The zero-order valence-corrected chi connectivity index (χ0v) is 15.4. The van der Waals surface area contributed by atoms with Crippen molar-refractivity contribution in [2.24, 2.45) is 5.73 Å². The molecule has 2 heterocycles. The highest BCUT2D eigenvalue weighted by atomic mass is 79.9. The van der Waals surface area contributed by atoms with Gasteiger partial charge in [-0.3, -0.25) is 4.90 Å². The van der Waals surface area contributed by atoms with Crippen LogP contribution >= 0.6 is 43.2 Å². The highest BCUT2D eigenvalue weighted by molar-refractivity contribution is 9.13. The van der Waals surface area contributed by atoms with E-state index in [4.69, 9.17) is 10.5 Å². The summed E-state index contributed by atoms with van der Waals surface area (Å²) in [4.78, 5) is 3.74. The Hall–Kier alpha value is 0.540. The molecule has 2 rings (SSSR count). The van der Waals surface area contributed by atoms with Crippen molar-refractivity contribution in [2.45, 2.75) is 38.5 Å². The molecule has 0 amide bonds. The second-order valence-electron chi connectivity index (χ2n) is 5.64. The van der Waals surface area contributed by atoms with Gasteiger partial charge in [0.05, 0.1) is 21.5 Å². The van der Waals surface area contributed by atoms with Crippen LogP contribution in [0.1, 0.15) is 31.7 Å². The first-order chi connectivity index (χ1) is 8.82. The first-order valence-corrected chi connectivity index (χ1v) is 8.79. The first-order valence-electron chi connectivity index (χ1n) is 6.39. The van der Waals surface area contributed by atoms with Crippen LogP contribution in [0.3, 0.4) is 0 Å². The van der Waals surface area contributed by atoms with E-state index in [1.807, 2.05) is 0 Å². The monoisotopic (exact) mass is 410 g/mol. The molecule has 1 aliphatic rings. The number of halogens is 2. The lowest BCUT2D eigenvalue weighted by Crippen LogP contribution is -2.53. The summed E-state index contributed by atoms with van der Waals surface area (Å²) in [5, 5.41) is 0.